The number of fused-ring (bicyclic) bond motifs is 2. The number of benzene rings is 1. The molecule has 3 heteroatoms. The standard InChI is InChI=1S/C15H21NO.ClH/c1-2-7-16-8-6-12-9-13-11(10-14(12)16)4-3-5-15(13)17;/h3-5,12,14,17H,2,6-10H2,1H3;1H. The summed E-state index contributed by atoms with van der Waals surface area (Å²) in [7, 11) is 0. The summed E-state index contributed by atoms with van der Waals surface area (Å²) in [5, 5.41) is 9.93. The fraction of sp³-hybridized carbons (Fsp3) is 0.600. The molecular formula is C15H22ClNO. The van der Waals surface area contributed by atoms with Crippen LogP contribution in [0.4, 0.5) is 0 Å². The summed E-state index contributed by atoms with van der Waals surface area (Å²) in [6.07, 6.45) is 4.76. The molecule has 3 rings (SSSR count). The highest BCUT2D eigenvalue weighted by Crippen LogP contribution is 2.38. The van der Waals surface area contributed by atoms with E-state index < -0.39 is 0 Å². The number of nitrogens with zero attached hydrogens (tertiary/aromatic N) is 1. The Bertz CT molecular complexity index is 421. The van der Waals surface area contributed by atoms with Gasteiger partial charge in [-0.25, -0.2) is 0 Å². The lowest BCUT2D eigenvalue weighted by Crippen LogP contribution is -2.38. The molecule has 1 heterocycles. The van der Waals surface area contributed by atoms with Crippen LogP contribution in [0.5, 0.6) is 5.75 Å². The molecule has 100 valence electrons. The lowest BCUT2D eigenvalue weighted by atomic mass is 9.80. The zero-order valence-electron chi connectivity index (χ0n) is 10.9. The van der Waals surface area contributed by atoms with Gasteiger partial charge in [0.1, 0.15) is 5.75 Å². The maximum atomic E-state index is 9.93. The molecule has 0 radical (unpaired) electrons. The summed E-state index contributed by atoms with van der Waals surface area (Å²) in [6.45, 7) is 4.74. The molecule has 1 aliphatic carbocycles. The van der Waals surface area contributed by atoms with E-state index in [4.69, 9.17) is 0 Å². The first kappa shape index (κ1) is 13.7. The normalized spacial score (nSPS) is 26.3. The quantitative estimate of drug-likeness (QED) is 0.890. The number of phenolic OH excluding ortho intramolecular Hbond substituents is 1. The topological polar surface area (TPSA) is 23.5 Å². The van der Waals surface area contributed by atoms with Crippen molar-refractivity contribution in [1.29, 1.82) is 0 Å². The van der Waals surface area contributed by atoms with E-state index in [1.165, 1.54) is 37.1 Å². The van der Waals surface area contributed by atoms with Crippen LogP contribution in [0.2, 0.25) is 0 Å². The highest BCUT2D eigenvalue weighted by molar-refractivity contribution is 5.85. The molecule has 2 atom stereocenters. The first-order valence-electron chi connectivity index (χ1n) is 6.83. The van der Waals surface area contributed by atoms with Gasteiger partial charge < -0.3 is 5.11 Å². The first-order valence-corrected chi connectivity index (χ1v) is 6.83. The van der Waals surface area contributed by atoms with Crippen molar-refractivity contribution in [1.82, 2.24) is 4.90 Å². The van der Waals surface area contributed by atoms with Crippen LogP contribution in [-0.4, -0.2) is 29.1 Å². The van der Waals surface area contributed by atoms with Crippen LogP contribution in [0.3, 0.4) is 0 Å². The van der Waals surface area contributed by atoms with E-state index >= 15 is 0 Å². The second-order valence-electron chi connectivity index (χ2n) is 5.48. The molecular weight excluding hydrogens is 246 g/mol. The third-order valence-electron chi connectivity index (χ3n) is 4.45. The molecule has 1 aliphatic heterocycles. The minimum Gasteiger partial charge on any atom is -0.508 e. The van der Waals surface area contributed by atoms with Crippen LogP contribution < -0.4 is 0 Å². The average Bonchev–Trinajstić information content (AvgIpc) is 2.71. The zero-order valence-corrected chi connectivity index (χ0v) is 11.7. The number of halogens is 1. The summed E-state index contributed by atoms with van der Waals surface area (Å²) >= 11 is 0. The average molecular weight is 268 g/mol. The number of phenols is 1. The van der Waals surface area contributed by atoms with Gasteiger partial charge in [0.15, 0.2) is 0 Å². The Morgan fingerprint density at radius 3 is 2.94 bits per heavy atom. The molecule has 1 saturated heterocycles. The first-order chi connectivity index (χ1) is 8.29. The molecule has 1 aromatic carbocycles. The number of likely N-dealkylation sites (tertiary alicyclic amines) is 1. The number of aromatic hydroxyl groups is 1. The van der Waals surface area contributed by atoms with Gasteiger partial charge in [0.05, 0.1) is 0 Å². The summed E-state index contributed by atoms with van der Waals surface area (Å²) in [6, 6.07) is 6.73. The SMILES string of the molecule is CCCN1CCC2Cc3c(O)cccc3CC21.Cl. The summed E-state index contributed by atoms with van der Waals surface area (Å²) in [4.78, 5) is 2.65. The van der Waals surface area contributed by atoms with Gasteiger partial charge in [-0.3, -0.25) is 4.90 Å². The Hall–Kier alpha value is -0.730. The van der Waals surface area contributed by atoms with Gasteiger partial charge in [-0.1, -0.05) is 19.1 Å². The van der Waals surface area contributed by atoms with Gasteiger partial charge in [-0.2, -0.15) is 0 Å². The monoisotopic (exact) mass is 267 g/mol. The van der Waals surface area contributed by atoms with Crippen molar-refractivity contribution >= 4 is 12.4 Å². The van der Waals surface area contributed by atoms with Gasteiger partial charge in [0.2, 0.25) is 0 Å². The smallest absolute Gasteiger partial charge is 0.119 e. The predicted molar refractivity (Wildman–Crippen MR) is 76.5 cm³/mol. The Labute approximate surface area is 115 Å². The van der Waals surface area contributed by atoms with Crippen molar-refractivity contribution in [2.45, 2.75) is 38.6 Å². The molecule has 0 amide bonds. The molecule has 2 nitrogen and oxygen atoms in total. The van der Waals surface area contributed by atoms with Gasteiger partial charge in [0.25, 0.3) is 0 Å². The molecule has 2 unspecified atom stereocenters. The molecule has 1 aromatic rings. The maximum absolute atomic E-state index is 9.93. The molecule has 2 aliphatic rings. The molecule has 18 heavy (non-hydrogen) atoms. The van der Waals surface area contributed by atoms with Crippen LogP contribution >= 0.6 is 12.4 Å². The third kappa shape index (κ3) is 2.24. The number of hydrogen-bond donors (Lipinski definition) is 1. The fourth-order valence-electron chi connectivity index (χ4n) is 3.62. The minimum atomic E-state index is 0. The van der Waals surface area contributed by atoms with Crippen molar-refractivity contribution in [3.8, 4) is 5.75 Å². The molecule has 0 saturated carbocycles. The Morgan fingerprint density at radius 2 is 2.17 bits per heavy atom. The predicted octanol–water partition coefficient (Wildman–Crippen LogP) is 3.01. The van der Waals surface area contributed by atoms with E-state index in [0.717, 1.165) is 24.8 Å². The largest absolute Gasteiger partial charge is 0.508 e. The molecule has 0 spiro atoms. The van der Waals surface area contributed by atoms with E-state index in [1.807, 2.05) is 12.1 Å². The lowest BCUT2D eigenvalue weighted by molar-refractivity contribution is 0.215. The van der Waals surface area contributed by atoms with Crippen molar-refractivity contribution in [2.75, 3.05) is 13.1 Å². The summed E-state index contributed by atoms with van der Waals surface area (Å²) < 4.78 is 0. The second-order valence-corrected chi connectivity index (χ2v) is 5.48. The Morgan fingerprint density at radius 1 is 1.33 bits per heavy atom. The van der Waals surface area contributed by atoms with E-state index in [-0.39, 0.29) is 12.4 Å². The van der Waals surface area contributed by atoms with E-state index in [9.17, 15) is 5.11 Å². The Balaban J connectivity index is 0.00000120. The zero-order chi connectivity index (χ0) is 11.8. The van der Waals surface area contributed by atoms with Crippen molar-refractivity contribution in [3.05, 3.63) is 29.3 Å². The summed E-state index contributed by atoms with van der Waals surface area (Å²) in [5.74, 6) is 1.28. The van der Waals surface area contributed by atoms with Crippen molar-refractivity contribution < 1.29 is 5.11 Å². The number of hydrogen-bond acceptors (Lipinski definition) is 2. The van der Waals surface area contributed by atoms with Crippen molar-refractivity contribution in [3.63, 3.8) is 0 Å². The second kappa shape index (κ2) is 5.50. The van der Waals surface area contributed by atoms with Crippen LogP contribution in [0.15, 0.2) is 18.2 Å². The van der Waals surface area contributed by atoms with Crippen LogP contribution in [0.25, 0.3) is 0 Å². The molecule has 1 fully saturated rings. The van der Waals surface area contributed by atoms with Gasteiger partial charge in [0, 0.05) is 6.04 Å². The van der Waals surface area contributed by atoms with E-state index in [0.29, 0.717) is 5.75 Å². The lowest BCUT2D eigenvalue weighted by Gasteiger charge is -2.33. The molecule has 1 N–H and O–H groups in total. The van der Waals surface area contributed by atoms with Crippen molar-refractivity contribution in [2.24, 2.45) is 5.92 Å². The van der Waals surface area contributed by atoms with Gasteiger partial charge >= 0.3 is 0 Å². The van der Waals surface area contributed by atoms with Crippen LogP contribution in [-0.2, 0) is 12.8 Å². The highest BCUT2D eigenvalue weighted by Gasteiger charge is 2.37. The van der Waals surface area contributed by atoms with Gasteiger partial charge in [-0.05, 0) is 61.9 Å². The molecule has 0 aromatic heterocycles. The third-order valence-corrected chi connectivity index (χ3v) is 4.45. The van der Waals surface area contributed by atoms with Crippen LogP contribution in [0.1, 0.15) is 30.9 Å². The highest BCUT2D eigenvalue weighted by atomic mass is 35.5. The van der Waals surface area contributed by atoms with E-state index in [1.54, 1.807) is 0 Å². The molecule has 0 bridgehead atoms. The van der Waals surface area contributed by atoms with Gasteiger partial charge in [-0.15, -0.1) is 12.4 Å². The Kier molecular flexibility index (Phi) is 4.18. The summed E-state index contributed by atoms with van der Waals surface area (Å²) in [5.41, 5.74) is 2.58. The van der Waals surface area contributed by atoms with Crippen LogP contribution in [0, 0.1) is 5.92 Å². The van der Waals surface area contributed by atoms with E-state index in [2.05, 4.69) is 17.9 Å². The fourth-order valence-corrected chi connectivity index (χ4v) is 3.62. The number of rotatable bonds is 2. The maximum Gasteiger partial charge on any atom is 0.119 e. The minimum absolute atomic E-state index is 0.